The molecular weight excluding hydrogens is 519 g/mol. The Balaban J connectivity index is 1.43. The first-order valence-corrected chi connectivity index (χ1v) is 12.9. The number of ether oxygens (including phenoxy) is 1. The van der Waals surface area contributed by atoms with E-state index in [1.165, 1.54) is 0 Å². The maximum Gasteiger partial charge on any atom is 0.410 e. The Kier molecular flexibility index (Phi) is 5.37. The number of likely N-dealkylation sites (tertiary alicyclic amines) is 1. The summed E-state index contributed by atoms with van der Waals surface area (Å²) in [5, 5.41) is 4.78. The summed E-state index contributed by atoms with van der Waals surface area (Å²) in [7, 11) is 0. The average Bonchev–Trinajstić information content (AvgIpc) is 3.19. The van der Waals surface area contributed by atoms with Gasteiger partial charge in [-0.15, -0.1) is 0 Å². The van der Waals surface area contributed by atoms with Crippen LogP contribution in [-0.4, -0.2) is 43.4 Å². The number of hydrogen-bond acceptors (Lipinski definition) is 4. The summed E-state index contributed by atoms with van der Waals surface area (Å²) in [5.41, 5.74) is 2.39. The fraction of sp³-hybridized carbons (Fsp3) is 0.708. The summed E-state index contributed by atoms with van der Waals surface area (Å²) in [6.07, 6.45) is 6.24. The fourth-order valence-electron chi connectivity index (χ4n) is 5.44. The molecule has 174 valence electrons. The van der Waals surface area contributed by atoms with Gasteiger partial charge < -0.3 is 14.2 Å². The molecule has 3 atom stereocenters. The van der Waals surface area contributed by atoms with Crippen molar-refractivity contribution in [2.75, 3.05) is 6.54 Å². The summed E-state index contributed by atoms with van der Waals surface area (Å²) in [6, 6.07) is 0.255. The molecule has 2 aromatic heterocycles. The SMILES string of the molecule is CC(C)c1cn(C[C@H]2C[C@H]3C[C@@H]2CN3C(=O)OC(C)(C)C)c2c(I)c(C3CC3)nn2c1=O. The standard InChI is InChI=1S/C24H33IN4O3/c1-13(2)18-12-27(21-19(25)20(14-6-7-14)26-29(21)22(18)30)10-15-8-17-9-16(15)11-28(17)23(31)32-24(3,4)5/h12-17H,6-11H2,1-5H3/t15-,16-,17+/m1/s1. The third-order valence-electron chi connectivity index (χ3n) is 7.17. The minimum atomic E-state index is -0.467. The Labute approximate surface area is 202 Å². The van der Waals surface area contributed by atoms with Crippen LogP contribution in [0.2, 0.25) is 0 Å². The number of rotatable bonds is 4. The van der Waals surface area contributed by atoms with Crippen LogP contribution in [-0.2, 0) is 11.3 Å². The molecule has 32 heavy (non-hydrogen) atoms. The second-order valence-corrected chi connectivity index (χ2v) is 12.3. The molecule has 3 aliphatic rings. The molecule has 0 aromatic carbocycles. The zero-order chi connectivity index (χ0) is 22.9. The average molecular weight is 552 g/mol. The van der Waals surface area contributed by atoms with Crippen LogP contribution >= 0.6 is 22.6 Å². The van der Waals surface area contributed by atoms with Crippen LogP contribution in [0.3, 0.4) is 0 Å². The zero-order valence-electron chi connectivity index (χ0n) is 19.6. The van der Waals surface area contributed by atoms with E-state index in [-0.39, 0.29) is 23.6 Å². The lowest BCUT2D eigenvalue weighted by molar-refractivity contribution is 0.0156. The topological polar surface area (TPSA) is 68.8 Å². The molecule has 0 unspecified atom stereocenters. The second-order valence-electron chi connectivity index (χ2n) is 11.2. The molecule has 7 nitrogen and oxygen atoms in total. The largest absolute Gasteiger partial charge is 0.444 e. The maximum absolute atomic E-state index is 13.2. The highest BCUT2D eigenvalue weighted by Gasteiger charge is 2.47. The van der Waals surface area contributed by atoms with E-state index in [2.05, 4.69) is 47.2 Å². The van der Waals surface area contributed by atoms with Crippen LogP contribution in [0.15, 0.2) is 11.0 Å². The van der Waals surface area contributed by atoms with Crippen LogP contribution in [0.1, 0.15) is 83.4 Å². The number of fused-ring (bicyclic) bond motifs is 3. The van der Waals surface area contributed by atoms with Crippen molar-refractivity contribution in [3.8, 4) is 0 Å². The van der Waals surface area contributed by atoms with Crippen LogP contribution in [0, 0.1) is 15.4 Å². The first-order chi connectivity index (χ1) is 15.0. The Morgan fingerprint density at radius 3 is 2.56 bits per heavy atom. The number of nitrogens with zero attached hydrogens (tertiary/aromatic N) is 4. The second kappa shape index (κ2) is 7.74. The van der Waals surface area contributed by atoms with Gasteiger partial charge in [0.05, 0.1) is 9.26 Å². The van der Waals surface area contributed by atoms with Crippen molar-refractivity contribution in [1.82, 2.24) is 19.1 Å². The van der Waals surface area contributed by atoms with E-state index in [1.807, 2.05) is 25.7 Å². The Hall–Kier alpha value is -1.58. The van der Waals surface area contributed by atoms with E-state index in [9.17, 15) is 9.59 Å². The van der Waals surface area contributed by atoms with Gasteiger partial charge in [-0.2, -0.15) is 9.61 Å². The van der Waals surface area contributed by atoms with Crippen molar-refractivity contribution in [3.63, 3.8) is 0 Å². The molecular formula is C24H33IN4O3. The van der Waals surface area contributed by atoms with Gasteiger partial charge in [-0.3, -0.25) is 4.79 Å². The number of carbonyl (C=O) groups is 1. The molecule has 0 radical (unpaired) electrons. The molecule has 8 heteroatoms. The van der Waals surface area contributed by atoms with Crippen LogP contribution < -0.4 is 5.56 Å². The molecule has 2 aromatic rings. The Bertz CT molecular complexity index is 1120. The van der Waals surface area contributed by atoms with Crippen LogP contribution in [0.4, 0.5) is 4.79 Å². The quantitative estimate of drug-likeness (QED) is 0.514. The van der Waals surface area contributed by atoms with Crippen molar-refractivity contribution in [2.45, 2.75) is 90.3 Å². The molecule has 2 saturated carbocycles. The normalized spacial score (nSPS) is 25.3. The van der Waals surface area contributed by atoms with Gasteiger partial charge in [0.25, 0.3) is 5.56 Å². The van der Waals surface area contributed by atoms with E-state index in [1.54, 1.807) is 4.52 Å². The van der Waals surface area contributed by atoms with Gasteiger partial charge in [0.1, 0.15) is 5.60 Å². The predicted octanol–water partition coefficient (Wildman–Crippen LogP) is 4.75. The van der Waals surface area contributed by atoms with E-state index >= 15 is 0 Å². The number of halogens is 1. The number of piperidine rings is 1. The molecule has 3 fully saturated rings. The van der Waals surface area contributed by atoms with Gasteiger partial charge in [-0.25, -0.2) is 4.79 Å². The Morgan fingerprint density at radius 2 is 2.00 bits per heavy atom. The molecule has 3 heterocycles. The summed E-state index contributed by atoms with van der Waals surface area (Å²) in [6.45, 7) is 11.5. The van der Waals surface area contributed by atoms with Crippen LogP contribution in [0.25, 0.3) is 5.65 Å². The zero-order valence-corrected chi connectivity index (χ0v) is 21.8. The molecule has 2 aliphatic carbocycles. The predicted molar refractivity (Wildman–Crippen MR) is 131 cm³/mol. The van der Waals surface area contributed by atoms with E-state index in [0.717, 1.165) is 59.2 Å². The lowest BCUT2D eigenvalue weighted by Gasteiger charge is -2.33. The fourth-order valence-corrected chi connectivity index (χ4v) is 6.52. The highest BCUT2D eigenvalue weighted by molar-refractivity contribution is 14.1. The van der Waals surface area contributed by atoms with E-state index in [4.69, 9.17) is 9.84 Å². The van der Waals surface area contributed by atoms with Crippen LogP contribution in [0.5, 0.6) is 0 Å². The highest BCUT2D eigenvalue weighted by atomic mass is 127. The lowest BCUT2D eigenvalue weighted by atomic mass is 9.94. The van der Waals surface area contributed by atoms with Gasteiger partial charge in [-0.05, 0) is 86.8 Å². The van der Waals surface area contributed by atoms with Crippen molar-refractivity contribution >= 4 is 34.3 Å². The minimum Gasteiger partial charge on any atom is -0.444 e. The summed E-state index contributed by atoms with van der Waals surface area (Å²) < 4.78 is 10.7. The number of aromatic nitrogens is 3. The molecule has 5 rings (SSSR count). The van der Waals surface area contributed by atoms with Crippen molar-refractivity contribution in [3.05, 3.63) is 31.4 Å². The maximum atomic E-state index is 13.2. The summed E-state index contributed by atoms with van der Waals surface area (Å²) in [4.78, 5) is 27.7. The van der Waals surface area contributed by atoms with Crippen molar-refractivity contribution < 1.29 is 9.53 Å². The summed E-state index contributed by atoms with van der Waals surface area (Å²) in [5.74, 6) is 1.60. The molecule has 1 amide bonds. The van der Waals surface area contributed by atoms with Crippen molar-refractivity contribution in [2.24, 2.45) is 11.8 Å². The van der Waals surface area contributed by atoms with Gasteiger partial charge in [-0.1, -0.05) is 13.8 Å². The van der Waals surface area contributed by atoms with E-state index in [0.29, 0.717) is 17.8 Å². The first-order valence-electron chi connectivity index (χ1n) is 11.8. The highest BCUT2D eigenvalue weighted by Crippen LogP contribution is 2.45. The third-order valence-corrected chi connectivity index (χ3v) is 8.20. The molecule has 0 N–H and O–H groups in total. The van der Waals surface area contributed by atoms with Crippen molar-refractivity contribution in [1.29, 1.82) is 0 Å². The number of carbonyl (C=O) groups excluding carboxylic acids is 1. The van der Waals surface area contributed by atoms with Gasteiger partial charge in [0.2, 0.25) is 0 Å². The Morgan fingerprint density at radius 1 is 1.28 bits per heavy atom. The van der Waals surface area contributed by atoms with Gasteiger partial charge in [0, 0.05) is 36.8 Å². The van der Waals surface area contributed by atoms with E-state index < -0.39 is 5.60 Å². The minimum absolute atomic E-state index is 0.0140. The first kappa shape index (κ1) is 22.2. The molecule has 2 bridgehead atoms. The summed E-state index contributed by atoms with van der Waals surface area (Å²) >= 11 is 2.38. The molecule has 0 spiro atoms. The molecule has 1 aliphatic heterocycles. The van der Waals surface area contributed by atoms with Gasteiger partial charge in [0.15, 0.2) is 5.65 Å². The lowest BCUT2D eigenvalue weighted by Crippen LogP contribution is -2.43. The number of amides is 1. The smallest absolute Gasteiger partial charge is 0.410 e. The monoisotopic (exact) mass is 552 g/mol. The number of hydrogen-bond donors (Lipinski definition) is 0. The van der Waals surface area contributed by atoms with Gasteiger partial charge >= 0.3 is 6.09 Å². The third kappa shape index (κ3) is 3.86. The molecule has 1 saturated heterocycles.